The van der Waals surface area contributed by atoms with Crippen molar-refractivity contribution < 1.29 is 0 Å². The molecule has 3 heteroatoms. The van der Waals surface area contributed by atoms with Gasteiger partial charge in [-0.15, -0.1) is 5.10 Å². The highest BCUT2D eigenvalue weighted by atomic mass is 15.3. The lowest BCUT2D eigenvalue weighted by atomic mass is 9.95. The minimum atomic E-state index is 0.858. The van der Waals surface area contributed by atoms with Gasteiger partial charge in [0.1, 0.15) is 5.69 Å². The summed E-state index contributed by atoms with van der Waals surface area (Å²) in [6.45, 7) is 0. The van der Waals surface area contributed by atoms with Gasteiger partial charge in [-0.2, -0.15) is 0 Å². The van der Waals surface area contributed by atoms with Gasteiger partial charge in [0.2, 0.25) is 0 Å². The van der Waals surface area contributed by atoms with Crippen LogP contribution in [0.3, 0.4) is 0 Å². The monoisotopic (exact) mass is 243 g/mol. The predicted molar refractivity (Wildman–Crippen MR) is 73.2 cm³/mol. The lowest BCUT2D eigenvalue weighted by Crippen LogP contribution is -1.93. The van der Waals surface area contributed by atoms with Crippen LogP contribution in [0.25, 0.3) is 22.5 Å². The Morgan fingerprint density at radius 3 is 2.21 bits per heavy atom. The van der Waals surface area contributed by atoms with Gasteiger partial charge in [-0.3, -0.25) is 5.10 Å². The number of H-pyrrole nitrogens is 1. The molecule has 0 unspecified atom stereocenters. The number of nitrogens with zero attached hydrogens (tertiary/aromatic N) is 2. The van der Waals surface area contributed by atoms with Gasteiger partial charge in [0.05, 0.1) is 5.69 Å². The molecule has 0 spiro atoms. The zero-order valence-electron chi connectivity index (χ0n) is 10.0. The van der Waals surface area contributed by atoms with Crippen molar-refractivity contribution in [3.63, 3.8) is 0 Å². The predicted octanol–water partition coefficient (Wildman–Crippen LogP) is 2.85. The Morgan fingerprint density at radius 1 is 0.789 bits per heavy atom. The van der Waals surface area contributed by atoms with Crippen molar-refractivity contribution >= 4 is 0 Å². The molecule has 0 bridgehead atoms. The van der Waals surface area contributed by atoms with E-state index < -0.39 is 0 Å². The quantitative estimate of drug-likeness (QED) is 0.482. The summed E-state index contributed by atoms with van der Waals surface area (Å²) in [4.78, 5) is 0. The number of rotatable bonds is 0. The molecule has 1 aliphatic rings. The van der Waals surface area contributed by atoms with Crippen molar-refractivity contribution in [3.8, 4) is 34.4 Å². The third-order valence-corrected chi connectivity index (χ3v) is 3.26. The molecule has 0 saturated carbocycles. The molecule has 88 valence electrons. The number of fused-ring (bicyclic) bond motifs is 5. The first-order valence-electron chi connectivity index (χ1n) is 6.05. The molecule has 3 aromatic rings. The fourth-order valence-corrected chi connectivity index (χ4v) is 2.35. The molecule has 0 atom stereocenters. The first kappa shape index (κ1) is 10.1. The molecule has 1 aliphatic carbocycles. The Balaban J connectivity index is 2.15. The van der Waals surface area contributed by atoms with E-state index in [4.69, 9.17) is 0 Å². The van der Waals surface area contributed by atoms with E-state index >= 15 is 0 Å². The Bertz CT molecular complexity index is 768. The summed E-state index contributed by atoms with van der Waals surface area (Å²) in [6.07, 6.45) is 0. The zero-order valence-corrected chi connectivity index (χ0v) is 10.0. The summed E-state index contributed by atoms with van der Waals surface area (Å²) in [5, 5.41) is 11.2. The molecule has 1 aromatic heterocycles. The van der Waals surface area contributed by atoms with Crippen molar-refractivity contribution in [1.82, 2.24) is 15.4 Å². The van der Waals surface area contributed by atoms with Crippen LogP contribution in [0.5, 0.6) is 0 Å². The Hall–Kier alpha value is -2.86. The summed E-state index contributed by atoms with van der Waals surface area (Å²) in [5.41, 5.74) is 5.82. The van der Waals surface area contributed by atoms with Crippen LogP contribution >= 0.6 is 0 Å². The van der Waals surface area contributed by atoms with Crippen molar-refractivity contribution in [2.45, 2.75) is 0 Å². The molecule has 2 aromatic carbocycles. The second kappa shape index (κ2) is 3.82. The number of nitrogens with one attached hydrogen (secondary N) is 1. The molecule has 1 heterocycles. The molecule has 1 N–H and O–H groups in total. The first-order chi connectivity index (χ1) is 9.43. The smallest absolute Gasteiger partial charge is 0.122 e. The summed E-state index contributed by atoms with van der Waals surface area (Å²) in [7, 11) is 0. The van der Waals surface area contributed by atoms with Crippen molar-refractivity contribution in [2.75, 3.05) is 0 Å². The molecule has 4 rings (SSSR count). The van der Waals surface area contributed by atoms with E-state index in [9.17, 15) is 0 Å². The van der Waals surface area contributed by atoms with Gasteiger partial charge in [0, 0.05) is 22.3 Å². The summed E-state index contributed by atoms with van der Waals surface area (Å²) >= 11 is 0. The van der Waals surface area contributed by atoms with Crippen LogP contribution in [0.2, 0.25) is 0 Å². The highest BCUT2D eigenvalue weighted by Gasteiger charge is 2.17. The highest BCUT2D eigenvalue weighted by Crippen LogP contribution is 2.33. The van der Waals surface area contributed by atoms with Crippen molar-refractivity contribution in [3.05, 3.63) is 59.7 Å². The number of aromatic nitrogens is 3. The van der Waals surface area contributed by atoms with E-state index in [1.54, 1.807) is 0 Å². The van der Waals surface area contributed by atoms with Crippen LogP contribution in [0.15, 0.2) is 48.5 Å². The third-order valence-electron chi connectivity index (χ3n) is 3.26. The van der Waals surface area contributed by atoms with E-state index in [-0.39, 0.29) is 0 Å². The number of hydrogen-bond acceptors (Lipinski definition) is 2. The Morgan fingerprint density at radius 2 is 1.42 bits per heavy atom. The zero-order chi connectivity index (χ0) is 12.7. The normalized spacial score (nSPS) is 11.2. The van der Waals surface area contributed by atoms with Crippen LogP contribution in [-0.4, -0.2) is 15.4 Å². The summed E-state index contributed by atoms with van der Waals surface area (Å²) < 4.78 is 0. The fourth-order valence-electron chi connectivity index (χ4n) is 2.35. The molecule has 0 saturated heterocycles. The van der Waals surface area contributed by atoms with Gasteiger partial charge in [-0.1, -0.05) is 53.5 Å². The Labute approximate surface area is 110 Å². The largest absolute Gasteiger partial charge is 0.257 e. The molecule has 0 fully saturated rings. The molecule has 19 heavy (non-hydrogen) atoms. The second-order valence-corrected chi connectivity index (χ2v) is 4.38. The SMILES string of the molecule is C1#Cc2ccccc2-c2[nH]nnc2-c2ccccc21. The van der Waals surface area contributed by atoms with Crippen LogP contribution in [0, 0.1) is 11.8 Å². The van der Waals surface area contributed by atoms with Gasteiger partial charge >= 0.3 is 0 Å². The van der Waals surface area contributed by atoms with Crippen molar-refractivity contribution in [1.29, 1.82) is 0 Å². The third kappa shape index (κ3) is 1.47. The van der Waals surface area contributed by atoms with E-state index in [0.29, 0.717) is 0 Å². The van der Waals surface area contributed by atoms with Crippen LogP contribution in [0.1, 0.15) is 11.1 Å². The van der Waals surface area contributed by atoms with Gasteiger partial charge in [-0.05, 0) is 12.1 Å². The van der Waals surface area contributed by atoms with E-state index in [1.807, 2.05) is 48.5 Å². The van der Waals surface area contributed by atoms with Crippen LogP contribution in [0.4, 0.5) is 0 Å². The first-order valence-corrected chi connectivity index (χ1v) is 6.05. The topological polar surface area (TPSA) is 41.6 Å². The van der Waals surface area contributed by atoms with Crippen molar-refractivity contribution in [2.24, 2.45) is 0 Å². The molecular weight excluding hydrogens is 234 g/mol. The van der Waals surface area contributed by atoms with Gasteiger partial charge < -0.3 is 0 Å². The lowest BCUT2D eigenvalue weighted by Gasteiger charge is -2.08. The van der Waals surface area contributed by atoms with Gasteiger partial charge in [0.25, 0.3) is 0 Å². The standard InChI is InChI=1S/C16H9N3/c1-3-7-13-11(5-1)9-10-12-6-2-4-8-14(12)16-15(13)17-19-18-16/h1-8H,(H,17,18,19). The van der Waals surface area contributed by atoms with E-state index in [1.165, 1.54) is 0 Å². The average Bonchev–Trinajstić information content (AvgIpc) is 2.92. The average molecular weight is 243 g/mol. The Kier molecular flexibility index (Phi) is 2.03. The van der Waals surface area contributed by atoms with E-state index in [2.05, 4.69) is 27.3 Å². The molecule has 0 radical (unpaired) electrons. The maximum atomic E-state index is 4.23. The molecule has 3 nitrogen and oxygen atoms in total. The number of hydrogen-bond donors (Lipinski definition) is 1. The van der Waals surface area contributed by atoms with Crippen LogP contribution < -0.4 is 0 Å². The highest BCUT2D eigenvalue weighted by molar-refractivity contribution is 5.85. The summed E-state index contributed by atoms with van der Waals surface area (Å²) in [6, 6.07) is 16.1. The number of aromatic amines is 1. The molecule has 0 amide bonds. The maximum Gasteiger partial charge on any atom is 0.122 e. The minimum absolute atomic E-state index is 0.858. The van der Waals surface area contributed by atoms with Gasteiger partial charge in [0.15, 0.2) is 0 Å². The van der Waals surface area contributed by atoms with E-state index in [0.717, 1.165) is 33.6 Å². The second-order valence-electron chi connectivity index (χ2n) is 4.38. The lowest BCUT2D eigenvalue weighted by molar-refractivity contribution is 0.944. The molecular formula is C16H9N3. The fraction of sp³-hybridized carbons (Fsp3) is 0. The minimum Gasteiger partial charge on any atom is -0.257 e. The van der Waals surface area contributed by atoms with Crippen LogP contribution in [-0.2, 0) is 0 Å². The maximum absolute atomic E-state index is 4.23. The van der Waals surface area contributed by atoms with Gasteiger partial charge in [-0.25, -0.2) is 0 Å². The molecule has 0 aliphatic heterocycles. The number of benzene rings is 2. The summed E-state index contributed by atoms with van der Waals surface area (Å²) in [5.74, 6) is 6.45.